The highest BCUT2D eigenvalue weighted by Gasteiger charge is 2.34. The normalized spacial score (nSPS) is 20.9. The van der Waals surface area contributed by atoms with Gasteiger partial charge in [-0.25, -0.2) is 4.79 Å². The Labute approximate surface area is 162 Å². The second kappa shape index (κ2) is 8.57. The number of nitrogens with zero attached hydrogens (tertiary/aromatic N) is 1. The fraction of sp³-hybridized carbons (Fsp3) is 0.435. The first-order valence-corrected chi connectivity index (χ1v) is 9.69. The van der Waals surface area contributed by atoms with Gasteiger partial charge in [-0.2, -0.15) is 0 Å². The van der Waals surface area contributed by atoms with Gasteiger partial charge in [-0.1, -0.05) is 60.7 Å². The fourth-order valence-corrected chi connectivity index (χ4v) is 3.65. The molecule has 1 heterocycles. The van der Waals surface area contributed by atoms with Gasteiger partial charge in [0.1, 0.15) is 6.61 Å². The molecule has 0 bridgehead atoms. The molecule has 0 saturated carbocycles. The molecule has 1 aliphatic heterocycles. The molecule has 1 fully saturated rings. The lowest BCUT2D eigenvalue weighted by Crippen LogP contribution is -2.55. The Morgan fingerprint density at radius 2 is 1.67 bits per heavy atom. The lowest BCUT2D eigenvalue weighted by molar-refractivity contribution is 0.0724. The molecule has 2 atom stereocenters. The van der Waals surface area contributed by atoms with Crippen molar-refractivity contribution in [1.29, 1.82) is 0 Å². The van der Waals surface area contributed by atoms with E-state index >= 15 is 0 Å². The van der Waals surface area contributed by atoms with E-state index in [4.69, 9.17) is 4.74 Å². The van der Waals surface area contributed by atoms with Crippen LogP contribution in [-0.4, -0.2) is 35.7 Å². The molecule has 0 unspecified atom stereocenters. The maximum atomic E-state index is 12.3. The zero-order valence-corrected chi connectivity index (χ0v) is 16.5. The Morgan fingerprint density at radius 1 is 1.04 bits per heavy atom. The number of hydrogen-bond acceptors (Lipinski definition) is 3. The Balaban J connectivity index is 1.63. The number of nitrogens with one attached hydrogen (secondary N) is 1. The first kappa shape index (κ1) is 19.4. The van der Waals surface area contributed by atoms with Crippen LogP contribution in [0, 0.1) is 0 Å². The Kier molecular flexibility index (Phi) is 6.17. The smallest absolute Gasteiger partial charge is 0.407 e. The minimum Gasteiger partial charge on any atom is -0.445 e. The highest BCUT2D eigenvalue weighted by atomic mass is 16.5. The van der Waals surface area contributed by atoms with Crippen molar-refractivity contribution in [3.05, 3.63) is 71.8 Å². The van der Waals surface area contributed by atoms with Gasteiger partial charge < -0.3 is 10.1 Å². The van der Waals surface area contributed by atoms with Gasteiger partial charge in [0.15, 0.2) is 0 Å². The number of alkyl carbamates (subject to hydrolysis) is 1. The molecular weight excluding hydrogens is 336 g/mol. The van der Waals surface area contributed by atoms with Crippen LogP contribution in [0.25, 0.3) is 0 Å². The molecule has 27 heavy (non-hydrogen) atoms. The quantitative estimate of drug-likeness (QED) is 0.862. The molecular formula is C23H30N2O2. The van der Waals surface area contributed by atoms with E-state index in [2.05, 4.69) is 55.3 Å². The van der Waals surface area contributed by atoms with Gasteiger partial charge in [-0.3, -0.25) is 4.90 Å². The number of carbonyl (C=O) groups is 1. The number of rotatable bonds is 4. The first-order valence-electron chi connectivity index (χ1n) is 9.69. The van der Waals surface area contributed by atoms with Crippen LogP contribution in [0.15, 0.2) is 60.7 Å². The second-order valence-electron chi connectivity index (χ2n) is 8.32. The van der Waals surface area contributed by atoms with Crippen LogP contribution in [0.1, 0.15) is 44.2 Å². The molecule has 144 valence electrons. The summed E-state index contributed by atoms with van der Waals surface area (Å²) in [4.78, 5) is 14.8. The maximum absolute atomic E-state index is 12.3. The summed E-state index contributed by atoms with van der Waals surface area (Å²) in [5, 5.41) is 3.09. The van der Waals surface area contributed by atoms with Crippen molar-refractivity contribution in [2.45, 2.75) is 51.3 Å². The number of benzene rings is 2. The predicted molar refractivity (Wildman–Crippen MR) is 109 cm³/mol. The molecule has 1 aliphatic rings. The van der Waals surface area contributed by atoms with Crippen molar-refractivity contribution in [1.82, 2.24) is 10.2 Å². The van der Waals surface area contributed by atoms with Crippen molar-refractivity contribution in [3.8, 4) is 0 Å². The zero-order valence-electron chi connectivity index (χ0n) is 16.5. The molecule has 2 aromatic rings. The van der Waals surface area contributed by atoms with Crippen molar-refractivity contribution in [2.75, 3.05) is 13.1 Å². The predicted octanol–water partition coefficient (Wildman–Crippen LogP) is 4.57. The Hall–Kier alpha value is -2.33. The highest BCUT2D eigenvalue weighted by molar-refractivity contribution is 5.67. The zero-order chi connectivity index (χ0) is 19.3. The largest absolute Gasteiger partial charge is 0.445 e. The van der Waals surface area contributed by atoms with E-state index in [0.717, 1.165) is 25.1 Å². The molecule has 0 aliphatic carbocycles. The standard InChI is InChI=1S/C23H30N2O2/c1-23(2,3)25-15-20(19-12-8-5-9-13-19)14-21(16-25)24-22(26)27-17-18-10-6-4-7-11-18/h4-13,20-21H,14-17H2,1-3H3,(H,24,26)/t20-,21+/m1/s1. The van der Waals surface area contributed by atoms with E-state index < -0.39 is 0 Å². The van der Waals surface area contributed by atoms with Crippen molar-refractivity contribution >= 4 is 6.09 Å². The van der Waals surface area contributed by atoms with Gasteiger partial charge in [0, 0.05) is 24.7 Å². The van der Waals surface area contributed by atoms with E-state index in [0.29, 0.717) is 12.5 Å². The van der Waals surface area contributed by atoms with Crippen molar-refractivity contribution in [3.63, 3.8) is 0 Å². The summed E-state index contributed by atoms with van der Waals surface area (Å²) in [6.45, 7) is 8.82. The van der Waals surface area contributed by atoms with Gasteiger partial charge in [0.05, 0.1) is 0 Å². The number of ether oxygens (including phenoxy) is 1. The lowest BCUT2D eigenvalue weighted by Gasteiger charge is -2.45. The number of piperidine rings is 1. The third-order valence-electron chi connectivity index (χ3n) is 5.20. The molecule has 1 saturated heterocycles. The lowest BCUT2D eigenvalue weighted by atomic mass is 9.86. The summed E-state index contributed by atoms with van der Waals surface area (Å²) >= 11 is 0. The molecule has 0 aromatic heterocycles. The summed E-state index contributed by atoms with van der Waals surface area (Å²) in [7, 11) is 0. The molecule has 3 rings (SSSR count). The highest BCUT2D eigenvalue weighted by Crippen LogP contribution is 2.30. The van der Waals surface area contributed by atoms with Gasteiger partial charge in [-0.15, -0.1) is 0 Å². The van der Waals surface area contributed by atoms with E-state index in [9.17, 15) is 4.79 Å². The summed E-state index contributed by atoms with van der Waals surface area (Å²) in [6.07, 6.45) is 0.586. The topological polar surface area (TPSA) is 41.6 Å². The van der Waals surface area contributed by atoms with Gasteiger partial charge in [-0.05, 0) is 44.2 Å². The van der Waals surface area contributed by atoms with Gasteiger partial charge in [0.25, 0.3) is 0 Å². The molecule has 0 radical (unpaired) electrons. The third-order valence-corrected chi connectivity index (χ3v) is 5.20. The second-order valence-corrected chi connectivity index (χ2v) is 8.32. The monoisotopic (exact) mass is 366 g/mol. The van der Waals surface area contributed by atoms with Gasteiger partial charge in [0.2, 0.25) is 0 Å². The van der Waals surface area contributed by atoms with Crippen LogP contribution < -0.4 is 5.32 Å². The van der Waals surface area contributed by atoms with Crippen LogP contribution in [0.4, 0.5) is 4.79 Å². The van der Waals surface area contributed by atoms with E-state index in [1.807, 2.05) is 36.4 Å². The summed E-state index contributed by atoms with van der Waals surface area (Å²) in [6, 6.07) is 20.4. The average Bonchev–Trinajstić information content (AvgIpc) is 2.67. The Morgan fingerprint density at radius 3 is 2.30 bits per heavy atom. The Bertz CT molecular complexity index is 725. The summed E-state index contributed by atoms with van der Waals surface area (Å²) in [5.74, 6) is 0.401. The molecule has 1 amide bonds. The minimum absolute atomic E-state index is 0.0569. The van der Waals surface area contributed by atoms with E-state index in [1.54, 1.807) is 0 Å². The van der Waals surface area contributed by atoms with Crippen LogP contribution in [-0.2, 0) is 11.3 Å². The SMILES string of the molecule is CC(C)(C)N1C[C@@H](NC(=O)OCc2ccccc2)C[C@@H](c2ccccc2)C1. The number of amides is 1. The molecule has 4 heteroatoms. The van der Waals surface area contributed by atoms with Crippen LogP contribution in [0.3, 0.4) is 0 Å². The number of hydrogen-bond donors (Lipinski definition) is 1. The average molecular weight is 367 g/mol. The molecule has 0 spiro atoms. The van der Waals surface area contributed by atoms with Gasteiger partial charge >= 0.3 is 6.09 Å². The maximum Gasteiger partial charge on any atom is 0.407 e. The molecule has 2 aromatic carbocycles. The van der Waals surface area contributed by atoms with E-state index in [-0.39, 0.29) is 17.7 Å². The van der Waals surface area contributed by atoms with E-state index in [1.165, 1.54) is 5.56 Å². The minimum atomic E-state index is -0.341. The summed E-state index contributed by atoms with van der Waals surface area (Å²) < 4.78 is 5.42. The molecule has 4 nitrogen and oxygen atoms in total. The first-order chi connectivity index (χ1) is 12.9. The number of likely N-dealkylation sites (tertiary alicyclic amines) is 1. The van der Waals surface area contributed by atoms with Crippen LogP contribution >= 0.6 is 0 Å². The number of carbonyl (C=O) groups excluding carboxylic acids is 1. The van der Waals surface area contributed by atoms with Crippen LogP contribution in [0.2, 0.25) is 0 Å². The van der Waals surface area contributed by atoms with Crippen molar-refractivity contribution in [2.24, 2.45) is 0 Å². The summed E-state index contributed by atoms with van der Waals surface area (Å²) in [5.41, 5.74) is 2.38. The van der Waals surface area contributed by atoms with Crippen molar-refractivity contribution < 1.29 is 9.53 Å². The third kappa shape index (κ3) is 5.57. The fourth-order valence-electron chi connectivity index (χ4n) is 3.65. The molecule has 1 N–H and O–H groups in total. The van der Waals surface area contributed by atoms with Crippen LogP contribution in [0.5, 0.6) is 0 Å².